The average Bonchev–Trinajstić information content (AvgIpc) is 3.22. The minimum Gasteiger partial charge on any atom is -0.480 e. The van der Waals surface area contributed by atoms with Crippen molar-refractivity contribution in [3.8, 4) is 22.3 Å². The first-order valence-electron chi connectivity index (χ1n) is 10.5. The number of aliphatic carboxylic acids is 1. The van der Waals surface area contributed by atoms with Crippen LogP contribution in [0.4, 0.5) is 0 Å². The molecular weight excluding hydrogens is 416 g/mol. The number of furan rings is 1. The lowest BCUT2D eigenvalue weighted by Crippen LogP contribution is -2.11. The molecule has 5 rings (SSSR count). The van der Waals surface area contributed by atoms with Crippen molar-refractivity contribution < 1.29 is 14.3 Å². The van der Waals surface area contributed by atoms with Crippen molar-refractivity contribution in [2.75, 3.05) is 0 Å². The maximum atomic E-state index is 11.1. The Bertz CT molecular complexity index is 1420. The maximum absolute atomic E-state index is 11.1. The van der Waals surface area contributed by atoms with Crippen LogP contribution in [0.2, 0.25) is 0 Å². The number of carbonyl (C=O) groups is 1. The number of fused-ring (bicyclic) bond motifs is 3. The van der Waals surface area contributed by atoms with Gasteiger partial charge in [0.1, 0.15) is 11.2 Å². The summed E-state index contributed by atoms with van der Waals surface area (Å²) in [7, 11) is 0. The van der Waals surface area contributed by atoms with Gasteiger partial charge in [0.25, 0.3) is 0 Å². The van der Waals surface area contributed by atoms with Crippen molar-refractivity contribution in [3.05, 3.63) is 96.6 Å². The predicted octanol–water partition coefficient (Wildman–Crippen LogP) is 7.63. The van der Waals surface area contributed by atoms with Gasteiger partial charge in [-0.25, -0.2) is 0 Å². The molecule has 4 heteroatoms. The molecule has 158 valence electrons. The molecule has 1 N–H and O–H groups in total. The fourth-order valence-corrected chi connectivity index (χ4v) is 4.71. The van der Waals surface area contributed by atoms with Gasteiger partial charge in [-0.2, -0.15) is 0 Å². The summed E-state index contributed by atoms with van der Waals surface area (Å²) in [4.78, 5) is 11.1. The number of rotatable bonds is 6. The average molecular weight is 439 g/mol. The number of thioether (sulfide) groups is 1. The van der Waals surface area contributed by atoms with Crippen LogP contribution in [0, 0.1) is 0 Å². The normalized spacial score (nSPS) is 12.3. The highest BCUT2D eigenvalue weighted by atomic mass is 32.2. The van der Waals surface area contributed by atoms with Gasteiger partial charge in [-0.05, 0) is 35.2 Å². The predicted molar refractivity (Wildman–Crippen MR) is 133 cm³/mol. The molecule has 0 radical (unpaired) electrons. The molecule has 0 saturated heterocycles. The molecule has 0 spiro atoms. The van der Waals surface area contributed by atoms with Crippen molar-refractivity contribution in [2.45, 2.75) is 17.9 Å². The molecule has 1 heterocycles. The molecule has 0 aliphatic rings. The van der Waals surface area contributed by atoms with Gasteiger partial charge < -0.3 is 9.52 Å². The highest BCUT2D eigenvalue weighted by molar-refractivity contribution is 7.99. The van der Waals surface area contributed by atoms with E-state index in [1.54, 1.807) is 6.92 Å². The Hall–Kier alpha value is -3.50. The van der Waals surface area contributed by atoms with Crippen LogP contribution < -0.4 is 0 Å². The van der Waals surface area contributed by atoms with Crippen LogP contribution in [0.25, 0.3) is 44.2 Å². The number of hydrogen-bond donors (Lipinski definition) is 1. The smallest absolute Gasteiger partial charge is 0.316 e. The van der Waals surface area contributed by atoms with Crippen LogP contribution in [0.3, 0.4) is 0 Å². The largest absolute Gasteiger partial charge is 0.480 e. The number of carboxylic acid groups (broad SMARTS) is 1. The van der Waals surface area contributed by atoms with Crippen molar-refractivity contribution in [3.63, 3.8) is 0 Å². The lowest BCUT2D eigenvalue weighted by Gasteiger charge is -2.09. The first-order chi connectivity index (χ1) is 15.6. The SMILES string of the molecule is CC(SCc1cccc(-c2ccc(-c3cccc4c3oc3ccccc34)cc2)c1)C(=O)O. The Morgan fingerprint density at radius 2 is 1.56 bits per heavy atom. The third kappa shape index (κ3) is 3.90. The van der Waals surface area contributed by atoms with Gasteiger partial charge in [0.2, 0.25) is 0 Å². The summed E-state index contributed by atoms with van der Waals surface area (Å²) < 4.78 is 6.19. The van der Waals surface area contributed by atoms with E-state index in [9.17, 15) is 4.79 Å². The van der Waals surface area contributed by atoms with E-state index in [-0.39, 0.29) is 0 Å². The first-order valence-corrected chi connectivity index (χ1v) is 11.6. The van der Waals surface area contributed by atoms with Gasteiger partial charge in [-0.15, -0.1) is 11.8 Å². The third-order valence-corrected chi connectivity index (χ3v) is 6.91. The number of hydrogen-bond acceptors (Lipinski definition) is 3. The Labute approximate surface area is 190 Å². The van der Waals surface area contributed by atoms with E-state index in [1.165, 1.54) is 11.8 Å². The molecule has 5 aromatic rings. The van der Waals surface area contributed by atoms with Crippen molar-refractivity contribution in [1.82, 2.24) is 0 Å². The van der Waals surface area contributed by atoms with Gasteiger partial charge in [-0.1, -0.05) is 84.9 Å². The Balaban J connectivity index is 1.44. The maximum Gasteiger partial charge on any atom is 0.316 e. The zero-order valence-corrected chi connectivity index (χ0v) is 18.4. The molecule has 1 atom stereocenters. The summed E-state index contributed by atoms with van der Waals surface area (Å²) in [6.07, 6.45) is 0. The highest BCUT2D eigenvalue weighted by Gasteiger charge is 2.13. The van der Waals surface area contributed by atoms with Crippen LogP contribution >= 0.6 is 11.8 Å². The first kappa shape index (κ1) is 20.4. The van der Waals surface area contributed by atoms with Gasteiger partial charge in [0, 0.05) is 22.1 Å². The standard InChI is InChI=1S/C28H22O3S/c1-18(28(29)30)32-17-19-6-4-7-22(16-19)20-12-14-21(15-13-20)23-9-5-10-25-24-8-2-3-11-26(24)31-27(23)25/h2-16,18H,17H2,1H3,(H,29,30). The second-order valence-electron chi connectivity index (χ2n) is 7.85. The fraction of sp³-hybridized carbons (Fsp3) is 0.107. The summed E-state index contributed by atoms with van der Waals surface area (Å²) >= 11 is 1.43. The fourth-order valence-electron chi connectivity index (χ4n) is 3.95. The molecule has 3 nitrogen and oxygen atoms in total. The topological polar surface area (TPSA) is 50.4 Å². The molecule has 0 saturated carbocycles. The monoisotopic (exact) mass is 438 g/mol. The number of para-hydroxylation sites is 2. The minimum absolute atomic E-state index is 0.418. The Morgan fingerprint density at radius 1 is 0.844 bits per heavy atom. The minimum atomic E-state index is -0.777. The van der Waals surface area contributed by atoms with Crippen LogP contribution in [0.1, 0.15) is 12.5 Å². The van der Waals surface area contributed by atoms with E-state index in [0.717, 1.165) is 49.8 Å². The highest BCUT2D eigenvalue weighted by Crippen LogP contribution is 2.36. The van der Waals surface area contributed by atoms with E-state index in [4.69, 9.17) is 9.52 Å². The lowest BCUT2D eigenvalue weighted by atomic mass is 9.98. The van der Waals surface area contributed by atoms with E-state index in [1.807, 2.05) is 30.3 Å². The van der Waals surface area contributed by atoms with Crippen LogP contribution in [0.5, 0.6) is 0 Å². The summed E-state index contributed by atoms with van der Waals surface area (Å²) in [6.45, 7) is 1.72. The quantitative estimate of drug-likeness (QED) is 0.296. The molecule has 0 bridgehead atoms. The van der Waals surface area contributed by atoms with Crippen LogP contribution in [0.15, 0.2) is 95.4 Å². The van der Waals surface area contributed by atoms with Crippen molar-refractivity contribution in [2.24, 2.45) is 0 Å². The number of benzene rings is 4. The summed E-state index contributed by atoms with van der Waals surface area (Å²) in [5.74, 6) is -0.103. The van der Waals surface area contributed by atoms with Gasteiger partial charge in [0.15, 0.2) is 0 Å². The molecule has 4 aromatic carbocycles. The second-order valence-corrected chi connectivity index (χ2v) is 9.18. The van der Waals surface area contributed by atoms with Crippen LogP contribution in [-0.2, 0) is 10.5 Å². The molecule has 0 fully saturated rings. The lowest BCUT2D eigenvalue weighted by molar-refractivity contribution is -0.136. The molecule has 0 aliphatic heterocycles. The molecule has 1 aromatic heterocycles. The summed E-state index contributed by atoms with van der Waals surface area (Å²) in [6, 6.07) is 31.2. The van der Waals surface area contributed by atoms with Gasteiger partial charge in [-0.3, -0.25) is 4.79 Å². The van der Waals surface area contributed by atoms with E-state index < -0.39 is 11.2 Å². The Morgan fingerprint density at radius 3 is 2.38 bits per heavy atom. The van der Waals surface area contributed by atoms with E-state index in [0.29, 0.717) is 5.75 Å². The van der Waals surface area contributed by atoms with Crippen molar-refractivity contribution in [1.29, 1.82) is 0 Å². The summed E-state index contributed by atoms with van der Waals surface area (Å²) in [5.41, 5.74) is 7.38. The molecule has 1 unspecified atom stereocenters. The third-order valence-electron chi connectivity index (χ3n) is 5.71. The zero-order valence-electron chi connectivity index (χ0n) is 17.6. The summed E-state index contributed by atoms with van der Waals surface area (Å²) in [5, 5.41) is 10.9. The second kappa shape index (κ2) is 8.56. The Kier molecular flexibility index (Phi) is 5.46. The van der Waals surface area contributed by atoms with Crippen LogP contribution in [-0.4, -0.2) is 16.3 Å². The van der Waals surface area contributed by atoms with Gasteiger partial charge in [0.05, 0.1) is 5.25 Å². The van der Waals surface area contributed by atoms with E-state index >= 15 is 0 Å². The zero-order chi connectivity index (χ0) is 22.1. The molecule has 0 amide bonds. The molecule has 32 heavy (non-hydrogen) atoms. The molecule has 0 aliphatic carbocycles. The number of carboxylic acids is 1. The van der Waals surface area contributed by atoms with Gasteiger partial charge >= 0.3 is 5.97 Å². The van der Waals surface area contributed by atoms with Crippen molar-refractivity contribution >= 4 is 39.7 Å². The molecular formula is C28H22O3S. The van der Waals surface area contributed by atoms with E-state index in [2.05, 4.69) is 60.7 Å².